The Hall–Kier alpha value is -13.6. The SMILES string of the molecule is C=C1C[C@@](C)(c2cncc(-c3cccc(C#CC)c3)c2)N=C(N)N1C.CC#CCOc1cccc(-c2cc([C@]3(C)CC(=O)N(C)C(N)=N3)ccn2)c1.CC#Cc1c(-c2csc([C@@]3(C)CC(=N)N(C)C(=O)C3)c2)cnnc1Br.CC#Cc1cccc(-c2ccnc([C@]3(C)CC(=O)N(C)C(N)=N3)c2)c1.CC#Cc1nncc(-c2csc([C@@]3(C)CC(=N)N(C)C(=O)C3)c2)c1Br.O. The van der Waals surface area contributed by atoms with E-state index in [-0.39, 0.29) is 64.7 Å². The number of aromatic nitrogens is 7. The summed E-state index contributed by atoms with van der Waals surface area (Å²) in [5.74, 6) is 31.6. The van der Waals surface area contributed by atoms with Crippen molar-refractivity contribution in [3.05, 3.63) is 234 Å². The topological polar surface area (TPSA) is 378 Å². The normalized spacial score (nSPS) is 19.8. The highest BCUT2D eigenvalue weighted by atomic mass is 79.9. The number of hydrogen-bond donors (Lipinski definition) is 5. The molecule has 0 bridgehead atoms. The van der Waals surface area contributed by atoms with Crippen LogP contribution in [-0.4, -0.2) is 160 Å². The van der Waals surface area contributed by atoms with E-state index < -0.39 is 16.6 Å². The molecule has 4 amide bonds. The number of ether oxygens (including phenoxy) is 1. The fourth-order valence-electron chi connectivity index (χ4n) is 14.7. The van der Waals surface area contributed by atoms with Crippen molar-refractivity contribution < 1.29 is 29.4 Å². The smallest absolute Gasteiger partial charge is 0.231 e. The molecule has 128 heavy (non-hydrogen) atoms. The number of rotatable bonds is 12. The van der Waals surface area contributed by atoms with E-state index in [1.54, 1.807) is 96.4 Å². The summed E-state index contributed by atoms with van der Waals surface area (Å²) in [5, 5.41) is 36.4. The van der Waals surface area contributed by atoms with Crippen molar-refractivity contribution in [1.82, 2.24) is 59.8 Å². The van der Waals surface area contributed by atoms with Gasteiger partial charge in [-0.2, -0.15) is 10.2 Å². The van der Waals surface area contributed by atoms with Gasteiger partial charge in [0.2, 0.25) is 23.6 Å². The number of thiophene rings is 2. The first-order valence-electron chi connectivity index (χ1n) is 40.3. The van der Waals surface area contributed by atoms with Gasteiger partial charge < -0.3 is 42.1 Å². The molecule has 26 nitrogen and oxygen atoms in total. The number of carbonyl (C=O) groups excluding carboxylic acids is 4. The number of nitrogens with one attached hydrogen (secondary N) is 2. The molecule has 5 atom stereocenters. The van der Waals surface area contributed by atoms with Gasteiger partial charge in [0.25, 0.3) is 0 Å². The van der Waals surface area contributed by atoms with E-state index in [2.05, 4.69) is 205 Å². The molecule has 30 heteroatoms. The van der Waals surface area contributed by atoms with Gasteiger partial charge in [-0.3, -0.25) is 54.7 Å². The van der Waals surface area contributed by atoms with Gasteiger partial charge in [0, 0.05) is 152 Å². The van der Waals surface area contributed by atoms with Crippen molar-refractivity contribution in [1.29, 1.82) is 10.8 Å². The second-order valence-electron chi connectivity index (χ2n) is 31.9. The second kappa shape index (κ2) is 41.7. The molecule has 7 aromatic heterocycles. The summed E-state index contributed by atoms with van der Waals surface area (Å²) in [6, 6.07) is 37.9. The maximum absolute atomic E-state index is 12.2. The van der Waals surface area contributed by atoms with Gasteiger partial charge in [-0.25, -0.2) is 15.0 Å². The Morgan fingerprint density at radius 2 is 0.984 bits per heavy atom. The van der Waals surface area contributed by atoms with Crippen LogP contribution in [0.15, 0.2) is 200 Å². The first-order valence-corrected chi connectivity index (χ1v) is 43.7. The predicted octanol–water partition coefficient (Wildman–Crippen LogP) is 15.4. The highest BCUT2D eigenvalue weighted by Gasteiger charge is 2.43. The van der Waals surface area contributed by atoms with Crippen LogP contribution in [-0.2, 0) is 46.6 Å². The minimum absolute atomic E-state index is 0. The molecular formula is C98H100Br2N20O6S2. The lowest BCUT2D eigenvalue weighted by atomic mass is 9.78. The highest BCUT2D eigenvalue weighted by Crippen LogP contribution is 2.46. The molecule has 0 aliphatic carbocycles. The summed E-state index contributed by atoms with van der Waals surface area (Å²) < 4.78 is 7.06. The molecule has 10 N–H and O–H groups in total. The number of nitrogens with zero attached hydrogens (tertiary/aromatic N) is 15. The van der Waals surface area contributed by atoms with Crippen molar-refractivity contribution in [3.63, 3.8) is 0 Å². The minimum atomic E-state index is -0.759. The van der Waals surface area contributed by atoms with Crippen molar-refractivity contribution >= 4 is 108 Å². The largest absolute Gasteiger partial charge is 0.481 e. The fraction of sp³-hybridized carbons (Fsp3) is 0.286. The van der Waals surface area contributed by atoms with Crippen molar-refractivity contribution in [2.45, 2.75) is 142 Å². The zero-order valence-electron chi connectivity index (χ0n) is 74.0. The Morgan fingerprint density at radius 1 is 0.484 bits per heavy atom. The first-order chi connectivity index (χ1) is 60.5. The standard InChI is InChI=1S/C21H22N4O2.C21H22N4.C20H20N4O.2C18H17BrN4OS.H2O/c1-4-5-11-27-17-8-6-7-15(12-17)18-13-16(9-10-23-18)21(2)14-19(26)25(3)20(22)24-21;1-5-7-16-8-6-9-17(10-16)18-11-19(14-23-13-18)21(3)12-15(2)25(4)20(22)24-21;1-4-6-14-7-5-8-15(11-14)16-9-10-22-17(12-16)20(2)13-18(25)24(3)19(21)23-20;1-4-5-13-17(19)12(9-21-22-13)11-6-14(25-10-11)18(2)7-15(20)23(3)16(24)8-18;1-4-5-12-13(9-21-22-17(12)19)11-6-14(25-10-11)18(2)7-15(20)23(3)16(24)8-18;/h6-10,12-13H,11,14H2,1-3H3,(H2,22,24);6,8-11,13-14H,2,12H2,1,3-4H3,(H2,22,24);5,7-12H,13H2,1-3H3,(H2,21,23);2*6,9-10,20H,7-8H2,1-3H3;1H2/t2*21-;20-;2*18-;/m00000./s1. The van der Waals surface area contributed by atoms with Gasteiger partial charge in [0.15, 0.2) is 23.6 Å². The number of carbonyl (C=O) groups is 4. The van der Waals surface area contributed by atoms with Crippen LogP contribution in [0.1, 0.15) is 163 Å². The van der Waals surface area contributed by atoms with Crippen LogP contribution in [0, 0.1) is 70.0 Å². The van der Waals surface area contributed by atoms with E-state index in [1.165, 1.54) is 19.6 Å². The van der Waals surface area contributed by atoms with Crippen LogP contribution in [0.3, 0.4) is 0 Å². The monoisotopic (exact) mass is 1870 g/mol. The second-order valence-corrected chi connectivity index (χ2v) is 35.3. The minimum Gasteiger partial charge on any atom is -0.481 e. The van der Waals surface area contributed by atoms with E-state index >= 15 is 0 Å². The molecule has 5 aliphatic rings. The van der Waals surface area contributed by atoms with E-state index in [4.69, 9.17) is 37.7 Å². The first kappa shape index (κ1) is 96.6. The number of nitrogens with two attached hydrogens (primary N) is 3. The molecule has 0 spiro atoms. The summed E-state index contributed by atoms with van der Waals surface area (Å²) in [4.78, 5) is 85.6. The number of likely N-dealkylation sites (tertiary alicyclic amines) is 2. The number of pyridine rings is 3. The van der Waals surface area contributed by atoms with Crippen LogP contribution in [0.25, 0.3) is 55.8 Å². The lowest BCUT2D eigenvalue weighted by Gasteiger charge is -2.36. The number of hydrogen-bond acceptors (Lipinski definition) is 23. The molecule has 3 aromatic carbocycles. The van der Waals surface area contributed by atoms with Crippen molar-refractivity contribution in [3.8, 4) is 121 Å². The van der Waals surface area contributed by atoms with Gasteiger partial charge in [0.1, 0.15) is 34.2 Å². The maximum atomic E-state index is 12.2. The summed E-state index contributed by atoms with van der Waals surface area (Å²) in [5.41, 5.74) is 31.9. The Bertz CT molecular complexity index is 6250. The third-order valence-corrected chi connectivity index (χ3v) is 26.2. The third kappa shape index (κ3) is 22.4. The molecule has 10 aromatic rings. The Morgan fingerprint density at radius 3 is 1.55 bits per heavy atom. The molecular weight excluding hydrogens is 1780 g/mol. The number of benzene rings is 3. The number of guanidine groups is 3. The molecule has 2 fully saturated rings. The van der Waals surface area contributed by atoms with Gasteiger partial charge in [-0.15, -0.1) is 56.6 Å². The predicted molar refractivity (Wildman–Crippen MR) is 515 cm³/mol. The molecule has 15 rings (SSSR count). The molecule has 12 heterocycles. The Balaban J connectivity index is 0.000000166. The number of halogens is 2. The van der Waals surface area contributed by atoms with E-state index in [0.717, 1.165) is 115 Å². The van der Waals surface area contributed by atoms with Crippen LogP contribution in [0.5, 0.6) is 5.75 Å². The zero-order valence-corrected chi connectivity index (χ0v) is 78.8. The lowest BCUT2D eigenvalue weighted by Crippen LogP contribution is -2.47. The molecule has 0 radical (unpaired) electrons. The molecule has 2 saturated heterocycles. The van der Waals surface area contributed by atoms with Crippen LogP contribution < -0.4 is 21.9 Å². The van der Waals surface area contributed by atoms with Crippen LogP contribution in [0.2, 0.25) is 0 Å². The highest BCUT2D eigenvalue weighted by molar-refractivity contribution is 9.10. The van der Waals surface area contributed by atoms with Crippen LogP contribution in [0.4, 0.5) is 0 Å². The molecule has 0 unspecified atom stereocenters. The average Bonchev–Trinajstić information content (AvgIpc) is 0.961. The number of amides is 4. The van der Waals surface area contributed by atoms with Gasteiger partial charge in [-0.05, 0) is 222 Å². The summed E-state index contributed by atoms with van der Waals surface area (Å²) in [6.45, 7) is 23.4. The third-order valence-electron chi connectivity index (χ3n) is 22.3. The zero-order chi connectivity index (χ0) is 91.9. The number of piperidine rings is 2. The molecule has 0 saturated carbocycles. The molecule has 654 valence electrons. The van der Waals surface area contributed by atoms with Crippen molar-refractivity contribution in [2.75, 3.05) is 41.8 Å². The summed E-state index contributed by atoms with van der Waals surface area (Å²) in [6.07, 6.45) is 13.7. The Labute approximate surface area is 772 Å². The maximum Gasteiger partial charge on any atom is 0.231 e. The van der Waals surface area contributed by atoms with Gasteiger partial charge in [0.05, 0.1) is 57.7 Å². The van der Waals surface area contributed by atoms with E-state index in [9.17, 15) is 19.2 Å². The van der Waals surface area contributed by atoms with Gasteiger partial charge in [-0.1, -0.05) is 86.4 Å². The number of amidine groups is 2. The van der Waals surface area contributed by atoms with E-state index in [1.807, 2.05) is 137 Å². The summed E-state index contributed by atoms with van der Waals surface area (Å²) in [7, 11) is 8.48. The number of aliphatic imine (C=N–C) groups is 3. The van der Waals surface area contributed by atoms with Gasteiger partial charge >= 0.3 is 0 Å². The fourth-order valence-corrected chi connectivity index (χ4v) is 17.7. The van der Waals surface area contributed by atoms with Crippen LogP contribution >= 0.6 is 54.5 Å². The lowest BCUT2D eigenvalue weighted by molar-refractivity contribution is -0.129. The quantitative estimate of drug-likeness (QED) is 0.0709. The van der Waals surface area contributed by atoms with Crippen molar-refractivity contribution in [2.24, 2.45) is 32.2 Å². The summed E-state index contributed by atoms with van der Waals surface area (Å²) >= 11 is 10.2. The average molecular weight is 1880 g/mol. The molecule has 5 aliphatic heterocycles. The van der Waals surface area contributed by atoms with E-state index in [0.29, 0.717) is 66.6 Å². The Kier molecular flexibility index (Phi) is 31.4.